The Labute approximate surface area is 154 Å². The Morgan fingerprint density at radius 3 is 2.35 bits per heavy atom. The molecule has 0 unspecified atom stereocenters. The number of methoxy groups -OCH3 is 1. The van der Waals surface area contributed by atoms with Crippen molar-refractivity contribution >= 4 is 5.91 Å². The van der Waals surface area contributed by atoms with Gasteiger partial charge in [0.05, 0.1) is 13.2 Å². The van der Waals surface area contributed by atoms with E-state index in [1.54, 1.807) is 7.11 Å². The molecule has 1 aromatic heterocycles. The van der Waals surface area contributed by atoms with Gasteiger partial charge in [0.15, 0.2) is 0 Å². The topological polar surface area (TPSA) is 34.5 Å². The molecule has 0 aliphatic rings. The normalized spacial score (nSPS) is 10.7. The second kappa shape index (κ2) is 9.02. The van der Waals surface area contributed by atoms with Crippen LogP contribution >= 0.6 is 0 Å². The van der Waals surface area contributed by atoms with Crippen molar-refractivity contribution in [3.8, 4) is 0 Å². The molecule has 134 valence electrons. The van der Waals surface area contributed by atoms with E-state index >= 15 is 0 Å². The van der Waals surface area contributed by atoms with Crippen molar-refractivity contribution in [2.75, 3.05) is 20.3 Å². The summed E-state index contributed by atoms with van der Waals surface area (Å²) in [5, 5.41) is 0. The largest absolute Gasteiger partial charge is 0.383 e. The van der Waals surface area contributed by atoms with Gasteiger partial charge in [0, 0.05) is 37.7 Å². The highest BCUT2D eigenvalue weighted by atomic mass is 16.5. The number of carbonyl (C=O) groups is 1. The molecule has 0 radical (unpaired) electrons. The molecular weight excluding hydrogens is 324 g/mol. The Morgan fingerprint density at radius 1 is 0.962 bits per heavy atom. The van der Waals surface area contributed by atoms with E-state index in [4.69, 9.17) is 4.74 Å². The van der Waals surface area contributed by atoms with Crippen LogP contribution in [0.4, 0.5) is 0 Å². The lowest BCUT2D eigenvalue weighted by Gasteiger charge is -2.23. The quantitative estimate of drug-likeness (QED) is 0.620. The summed E-state index contributed by atoms with van der Waals surface area (Å²) in [6, 6.07) is 23.8. The van der Waals surface area contributed by atoms with E-state index in [1.165, 1.54) is 5.56 Å². The van der Waals surface area contributed by atoms with Gasteiger partial charge in [0.1, 0.15) is 0 Å². The second-order valence-corrected chi connectivity index (χ2v) is 6.20. The van der Waals surface area contributed by atoms with Crippen molar-refractivity contribution in [1.29, 1.82) is 0 Å². The number of benzene rings is 2. The van der Waals surface area contributed by atoms with Crippen LogP contribution in [0.2, 0.25) is 0 Å². The van der Waals surface area contributed by atoms with Crippen molar-refractivity contribution in [3.63, 3.8) is 0 Å². The van der Waals surface area contributed by atoms with Crippen molar-refractivity contribution in [2.45, 2.75) is 13.1 Å². The lowest BCUT2D eigenvalue weighted by molar-refractivity contribution is 0.0676. The lowest BCUT2D eigenvalue weighted by atomic mass is 10.2. The van der Waals surface area contributed by atoms with E-state index in [0.717, 1.165) is 12.2 Å². The number of aromatic nitrogens is 1. The second-order valence-electron chi connectivity index (χ2n) is 6.20. The molecule has 0 fully saturated rings. The van der Waals surface area contributed by atoms with Gasteiger partial charge in [-0.25, -0.2) is 0 Å². The molecule has 4 nitrogen and oxygen atoms in total. The van der Waals surface area contributed by atoms with Crippen LogP contribution in [0.1, 0.15) is 21.6 Å². The fourth-order valence-corrected chi connectivity index (χ4v) is 2.94. The molecule has 1 amide bonds. The molecule has 0 saturated heterocycles. The molecule has 2 aromatic carbocycles. The highest BCUT2D eigenvalue weighted by Crippen LogP contribution is 2.13. The summed E-state index contributed by atoms with van der Waals surface area (Å²) in [5.74, 6) is 0.0233. The van der Waals surface area contributed by atoms with Crippen molar-refractivity contribution in [2.24, 2.45) is 0 Å². The Hall–Kier alpha value is -2.85. The highest BCUT2D eigenvalue weighted by molar-refractivity contribution is 5.94. The van der Waals surface area contributed by atoms with Crippen LogP contribution < -0.4 is 0 Å². The van der Waals surface area contributed by atoms with Crippen molar-refractivity contribution < 1.29 is 9.53 Å². The first kappa shape index (κ1) is 18.0. The summed E-state index contributed by atoms with van der Waals surface area (Å²) in [7, 11) is 1.66. The summed E-state index contributed by atoms with van der Waals surface area (Å²) in [6.45, 7) is 2.41. The summed E-state index contributed by atoms with van der Waals surface area (Å²) < 4.78 is 7.39. The molecule has 3 aromatic rings. The van der Waals surface area contributed by atoms with Crippen LogP contribution in [0, 0.1) is 0 Å². The summed E-state index contributed by atoms with van der Waals surface area (Å²) in [5.41, 5.74) is 3.04. The number of hydrogen-bond acceptors (Lipinski definition) is 2. The van der Waals surface area contributed by atoms with Gasteiger partial charge in [-0.05, 0) is 29.8 Å². The van der Waals surface area contributed by atoms with E-state index in [-0.39, 0.29) is 5.91 Å². The van der Waals surface area contributed by atoms with Crippen LogP contribution in [0.5, 0.6) is 0 Å². The molecule has 0 bridgehead atoms. The van der Waals surface area contributed by atoms with Crippen LogP contribution in [-0.4, -0.2) is 35.6 Å². The Morgan fingerprint density at radius 2 is 1.65 bits per heavy atom. The van der Waals surface area contributed by atoms with E-state index in [1.807, 2.05) is 59.5 Å². The van der Waals surface area contributed by atoms with Gasteiger partial charge in [-0.1, -0.05) is 48.5 Å². The zero-order valence-electron chi connectivity index (χ0n) is 15.0. The minimum atomic E-state index is 0.0233. The fraction of sp³-hybridized carbons (Fsp3) is 0.227. The number of nitrogens with zero attached hydrogens (tertiary/aromatic N) is 2. The van der Waals surface area contributed by atoms with Gasteiger partial charge in [-0.15, -0.1) is 0 Å². The van der Waals surface area contributed by atoms with Gasteiger partial charge in [-0.2, -0.15) is 0 Å². The van der Waals surface area contributed by atoms with Gasteiger partial charge in [0.25, 0.3) is 5.91 Å². The first-order chi connectivity index (χ1) is 12.8. The maximum atomic E-state index is 12.9. The first-order valence-corrected chi connectivity index (χ1v) is 8.79. The average Bonchev–Trinajstić information content (AvgIpc) is 3.12. The van der Waals surface area contributed by atoms with E-state index in [2.05, 4.69) is 29.0 Å². The number of carbonyl (C=O) groups excluding carboxylic acids is 1. The lowest BCUT2D eigenvalue weighted by Crippen LogP contribution is -2.34. The maximum absolute atomic E-state index is 12.9. The molecule has 0 spiro atoms. The van der Waals surface area contributed by atoms with Crippen LogP contribution in [0.25, 0.3) is 0 Å². The summed E-state index contributed by atoms with van der Waals surface area (Å²) in [4.78, 5) is 14.8. The maximum Gasteiger partial charge on any atom is 0.254 e. The number of ether oxygens (including phenoxy) is 1. The zero-order chi connectivity index (χ0) is 18.2. The van der Waals surface area contributed by atoms with Gasteiger partial charge < -0.3 is 14.2 Å². The van der Waals surface area contributed by atoms with Crippen molar-refractivity contribution in [3.05, 3.63) is 95.8 Å². The number of hydrogen-bond donors (Lipinski definition) is 0. The fourth-order valence-electron chi connectivity index (χ4n) is 2.94. The number of amides is 1. The third-order valence-corrected chi connectivity index (χ3v) is 4.35. The molecule has 3 rings (SSSR count). The van der Waals surface area contributed by atoms with Gasteiger partial charge in [0.2, 0.25) is 0 Å². The Balaban J connectivity index is 1.77. The summed E-state index contributed by atoms with van der Waals surface area (Å²) >= 11 is 0. The predicted octanol–water partition coefficient (Wildman–Crippen LogP) is 3.83. The summed E-state index contributed by atoms with van der Waals surface area (Å²) in [6.07, 6.45) is 2.06. The van der Waals surface area contributed by atoms with Crippen LogP contribution in [0.15, 0.2) is 79.0 Å². The average molecular weight is 348 g/mol. The Kier molecular flexibility index (Phi) is 6.23. The zero-order valence-corrected chi connectivity index (χ0v) is 15.0. The molecule has 0 aliphatic heterocycles. The Bertz CT molecular complexity index is 812. The third-order valence-electron chi connectivity index (χ3n) is 4.35. The molecular formula is C22H24N2O2. The van der Waals surface area contributed by atoms with Crippen LogP contribution in [0.3, 0.4) is 0 Å². The first-order valence-electron chi connectivity index (χ1n) is 8.79. The van der Waals surface area contributed by atoms with Gasteiger partial charge >= 0.3 is 0 Å². The highest BCUT2D eigenvalue weighted by Gasteiger charge is 2.17. The predicted molar refractivity (Wildman–Crippen MR) is 103 cm³/mol. The van der Waals surface area contributed by atoms with Gasteiger partial charge in [-0.3, -0.25) is 4.79 Å². The molecule has 1 heterocycles. The van der Waals surface area contributed by atoms with E-state index in [9.17, 15) is 4.79 Å². The minimum Gasteiger partial charge on any atom is -0.383 e. The smallest absolute Gasteiger partial charge is 0.254 e. The SMILES string of the molecule is COCCN(Cc1cccn1Cc1ccccc1)C(=O)c1ccccc1. The third kappa shape index (κ3) is 4.61. The standard InChI is InChI=1S/C22H24N2O2/c1-26-16-15-24(22(25)20-11-6-3-7-12-20)18-21-13-8-14-23(21)17-19-9-4-2-5-10-19/h2-14H,15-18H2,1H3. The molecule has 26 heavy (non-hydrogen) atoms. The molecule has 0 atom stereocenters. The van der Waals surface area contributed by atoms with E-state index in [0.29, 0.717) is 25.3 Å². The van der Waals surface area contributed by atoms with Crippen LogP contribution in [-0.2, 0) is 17.8 Å². The molecule has 0 saturated carbocycles. The minimum absolute atomic E-state index is 0.0233. The molecule has 0 aliphatic carbocycles. The monoisotopic (exact) mass is 348 g/mol. The molecule has 4 heteroatoms. The van der Waals surface area contributed by atoms with Crippen molar-refractivity contribution in [1.82, 2.24) is 9.47 Å². The number of rotatable bonds is 8. The molecule has 0 N–H and O–H groups in total. The van der Waals surface area contributed by atoms with E-state index < -0.39 is 0 Å².